The SMILES string of the molecule is CC1(C)c2cc(-c3ccc4oc5c(-c6ccc(-c7nc(-c8ccccc8)nc(-c8ccccc8)n7)cc6)cccc5c4c3)ccc2C2C=CC=CC21. The minimum Gasteiger partial charge on any atom is -0.455 e. The summed E-state index contributed by atoms with van der Waals surface area (Å²) in [5.74, 6) is 2.88. The Labute approximate surface area is 302 Å². The van der Waals surface area contributed by atoms with Crippen molar-refractivity contribution in [1.82, 2.24) is 15.0 Å². The van der Waals surface area contributed by atoms with Crippen LogP contribution in [0.15, 0.2) is 168 Å². The molecule has 0 radical (unpaired) electrons. The highest BCUT2D eigenvalue weighted by Crippen LogP contribution is 2.53. The smallest absolute Gasteiger partial charge is 0.164 e. The quantitative estimate of drug-likeness (QED) is 0.183. The van der Waals surface area contributed by atoms with Gasteiger partial charge in [-0.1, -0.05) is 166 Å². The molecule has 0 saturated carbocycles. The molecule has 0 spiro atoms. The number of para-hydroxylation sites is 1. The fourth-order valence-corrected chi connectivity index (χ4v) is 8.30. The lowest BCUT2D eigenvalue weighted by molar-refractivity contribution is 0.394. The Bertz CT molecular complexity index is 2650. The zero-order valence-electron chi connectivity index (χ0n) is 29.0. The summed E-state index contributed by atoms with van der Waals surface area (Å²) < 4.78 is 6.60. The van der Waals surface area contributed by atoms with E-state index in [0.29, 0.717) is 29.3 Å². The molecule has 0 N–H and O–H groups in total. The first-order valence-electron chi connectivity index (χ1n) is 17.9. The van der Waals surface area contributed by atoms with Gasteiger partial charge in [-0.05, 0) is 51.3 Å². The standard InChI is InChI=1S/C48H35N3O/c1-48(2)41-19-10-9-16-37(41)38-26-24-35(29-42(38)48)34-25-27-43-40(28-34)39-18-11-17-36(44(39)52-43)30-20-22-33(23-21-30)47-50-45(31-12-5-3-6-13-31)49-46(51-47)32-14-7-4-8-15-32/h3-29,37,41H,1-2H3. The predicted molar refractivity (Wildman–Crippen MR) is 212 cm³/mol. The van der Waals surface area contributed by atoms with Gasteiger partial charge in [-0.25, -0.2) is 15.0 Å². The second-order valence-electron chi connectivity index (χ2n) is 14.5. The lowest BCUT2D eigenvalue weighted by Gasteiger charge is -2.29. The second kappa shape index (κ2) is 11.9. The van der Waals surface area contributed by atoms with E-state index in [1.54, 1.807) is 0 Å². The minimum absolute atomic E-state index is 0.0754. The van der Waals surface area contributed by atoms with Gasteiger partial charge in [0.05, 0.1) is 0 Å². The van der Waals surface area contributed by atoms with Crippen molar-refractivity contribution in [2.75, 3.05) is 0 Å². The number of fused-ring (bicyclic) bond motifs is 6. The van der Waals surface area contributed by atoms with Gasteiger partial charge >= 0.3 is 0 Å². The van der Waals surface area contributed by atoms with Crippen LogP contribution in [0.4, 0.5) is 0 Å². The van der Waals surface area contributed by atoms with Crippen molar-refractivity contribution < 1.29 is 4.42 Å². The summed E-state index contributed by atoms with van der Waals surface area (Å²) in [4.78, 5) is 14.7. The lowest BCUT2D eigenvalue weighted by Crippen LogP contribution is -2.24. The van der Waals surface area contributed by atoms with E-state index in [2.05, 4.69) is 117 Å². The number of allylic oxidation sites excluding steroid dienone is 4. The molecule has 0 bridgehead atoms. The number of benzene rings is 6. The van der Waals surface area contributed by atoms with Crippen LogP contribution >= 0.6 is 0 Å². The third-order valence-electron chi connectivity index (χ3n) is 11.1. The van der Waals surface area contributed by atoms with Crippen molar-refractivity contribution in [3.63, 3.8) is 0 Å². The zero-order chi connectivity index (χ0) is 34.8. The summed E-state index contributed by atoms with van der Waals surface area (Å²) in [6.45, 7) is 4.78. The van der Waals surface area contributed by atoms with E-state index in [1.165, 1.54) is 22.3 Å². The Hall–Kier alpha value is -6.39. The predicted octanol–water partition coefficient (Wildman–Crippen LogP) is 12.2. The molecule has 2 atom stereocenters. The summed E-state index contributed by atoms with van der Waals surface area (Å²) in [5, 5.41) is 2.23. The monoisotopic (exact) mass is 669 g/mol. The van der Waals surface area contributed by atoms with Gasteiger partial charge in [-0.3, -0.25) is 0 Å². The molecular formula is C48H35N3O. The minimum atomic E-state index is 0.0754. The summed E-state index contributed by atoms with van der Waals surface area (Å²) in [6, 6.07) is 48.7. The second-order valence-corrected chi connectivity index (χ2v) is 14.5. The number of hydrogen-bond donors (Lipinski definition) is 0. The largest absolute Gasteiger partial charge is 0.455 e. The maximum Gasteiger partial charge on any atom is 0.164 e. The molecule has 52 heavy (non-hydrogen) atoms. The highest BCUT2D eigenvalue weighted by molar-refractivity contribution is 6.10. The maximum atomic E-state index is 6.60. The van der Waals surface area contributed by atoms with Gasteiger partial charge in [0.1, 0.15) is 11.2 Å². The third kappa shape index (κ3) is 4.94. The summed E-state index contributed by atoms with van der Waals surface area (Å²) in [6.07, 6.45) is 9.15. The van der Waals surface area contributed by atoms with Gasteiger partial charge in [0.15, 0.2) is 17.5 Å². The Kier molecular flexibility index (Phi) is 6.94. The van der Waals surface area contributed by atoms with E-state index in [9.17, 15) is 0 Å². The van der Waals surface area contributed by atoms with E-state index in [-0.39, 0.29) is 5.41 Å². The molecule has 2 heterocycles. The van der Waals surface area contributed by atoms with Gasteiger partial charge in [0, 0.05) is 38.9 Å². The number of hydrogen-bond acceptors (Lipinski definition) is 4. The molecule has 0 amide bonds. The van der Waals surface area contributed by atoms with Gasteiger partial charge < -0.3 is 4.42 Å². The molecule has 2 aliphatic carbocycles. The van der Waals surface area contributed by atoms with Crippen LogP contribution in [0.3, 0.4) is 0 Å². The van der Waals surface area contributed by atoms with Crippen molar-refractivity contribution in [2.45, 2.75) is 25.2 Å². The molecule has 248 valence electrons. The van der Waals surface area contributed by atoms with E-state index in [1.807, 2.05) is 60.7 Å². The van der Waals surface area contributed by atoms with Gasteiger partial charge in [0.25, 0.3) is 0 Å². The Morgan fingerprint density at radius 1 is 0.500 bits per heavy atom. The van der Waals surface area contributed by atoms with Crippen LogP contribution in [0.1, 0.15) is 30.9 Å². The van der Waals surface area contributed by atoms with Crippen LogP contribution in [-0.4, -0.2) is 15.0 Å². The van der Waals surface area contributed by atoms with Crippen molar-refractivity contribution in [3.8, 4) is 56.4 Å². The normalized spacial score (nSPS) is 17.0. The highest BCUT2D eigenvalue weighted by atomic mass is 16.3. The summed E-state index contributed by atoms with van der Waals surface area (Å²) >= 11 is 0. The fraction of sp³-hybridized carbons (Fsp3) is 0.104. The average molecular weight is 670 g/mol. The molecule has 8 aromatic rings. The van der Waals surface area contributed by atoms with Crippen LogP contribution in [0.5, 0.6) is 0 Å². The van der Waals surface area contributed by atoms with E-state index >= 15 is 0 Å². The maximum absolute atomic E-state index is 6.60. The molecule has 0 fully saturated rings. The number of rotatable bonds is 5. The fourth-order valence-electron chi connectivity index (χ4n) is 8.30. The van der Waals surface area contributed by atoms with Gasteiger partial charge in [0.2, 0.25) is 0 Å². The first kappa shape index (κ1) is 30.4. The molecule has 0 saturated heterocycles. The molecule has 2 aromatic heterocycles. The lowest BCUT2D eigenvalue weighted by atomic mass is 9.74. The zero-order valence-corrected chi connectivity index (χ0v) is 29.0. The van der Waals surface area contributed by atoms with Gasteiger partial charge in [-0.2, -0.15) is 0 Å². The van der Waals surface area contributed by atoms with Crippen molar-refractivity contribution in [2.24, 2.45) is 5.92 Å². The number of aromatic nitrogens is 3. The van der Waals surface area contributed by atoms with E-state index in [4.69, 9.17) is 19.4 Å². The molecule has 0 aliphatic heterocycles. The molecule has 10 rings (SSSR count). The van der Waals surface area contributed by atoms with Crippen LogP contribution in [0, 0.1) is 5.92 Å². The van der Waals surface area contributed by atoms with E-state index in [0.717, 1.165) is 49.8 Å². The van der Waals surface area contributed by atoms with Crippen LogP contribution < -0.4 is 0 Å². The molecule has 6 aromatic carbocycles. The highest BCUT2D eigenvalue weighted by Gasteiger charge is 2.44. The first-order valence-corrected chi connectivity index (χ1v) is 17.9. The van der Waals surface area contributed by atoms with Crippen molar-refractivity contribution in [3.05, 3.63) is 175 Å². The van der Waals surface area contributed by atoms with Crippen LogP contribution in [0.2, 0.25) is 0 Å². The Morgan fingerprint density at radius 3 is 1.77 bits per heavy atom. The Balaban J connectivity index is 1.01. The molecular weight excluding hydrogens is 635 g/mol. The van der Waals surface area contributed by atoms with E-state index < -0.39 is 0 Å². The number of furan rings is 1. The van der Waals surface area contributed by atoms with Crippen molar-refractivity contribution in [1.29, 1.82) is 0 Å². The Morgan fingerprint density at radius 2 is 1.08 bits per heavy atom. The third-order valence-corrected chi connectivity index (χ3v) is 11.1. The van der Waals surface area contributed by atoms with Crippen LogP contribution in [0.25, 0.3) is 78.4 Å². The summed E-state index contributed by atoms with van der Waals surface area (Å²) in [7, 11) is 0. The molecule has 2 aliphatic rings. The molecule has 2 unspecified atom stereocenters. The topological polar surface area (TPSA) is 51.8 Å². The van der Waals surface area contributed by atoms with Crippen LogP contribution in [-0.2, 0) is 5.41 Å². The average Bonchev–Trinajstić information content (AvgIpc) is 3.70. The van der Waals surface area contributed by atoms with Gasteiger partial charge in [-0.15, -0.1) is 0 Å². The number of nitrogens with zero attached hydrogens (tertiary/aromatic N) is 3. The van der Waals surface area contributed by atoms with Crippen molar-refractivity contribution >= 4 is 21.9 Å². The molecule has 4 heteroatoms. The molecule has 4 nitrogen and oxygen atoms in total. The first-order chi connectivity index (χ1) is 25.5. The summed E-state index contributed by atoms with van der Waals surface area (Å²) in [5.41, 5.74) is 12.1.